The normalized spacial score (nSPS) is 10.7. The van der Waals surface area contributed by atoms with Crippen molar-refractivity contribution in [3.8, 4) is 16.9 Å². The van der Waals surface area contributed by atoms with Crippen LogP contribution in [-0.2, 0) is 6.54 Å². The molecule has 1 N–H and O–H groups in total. The summed E-state index contributed by atoms with van der Waals surface area (Å²) in [5.74, 6) is 1.52. The predicted octanol–water partition coefficient (Wildman–Crippen LogP) is 6.62. The quantitative estimate of drug-likeness (QED) is 0.345. The molecule has 0 aliphatic rings. The summed E-state index contributed by atoms with van der Waals surface area (Å²) in [7, 11) is 0. The van der Waals surface area contributed by atoms with Crippen molar-refractivity contribution >= 4 is 5.91 Å². The fourth-order valence-electron chi connectivity index (χ4n) is 3.31. The molecule has 0 unspecified atom stereocenters. The van der Waals surface area contributed by atoms with Crippen molar-refractivity contribution in [3.63, 3.8) is 0 Å². The molecule has 1 aromatic heterocycles. The highest BCUT2D eigenvalue weighted by molar-refractivity contribution is 5.94. The lowest BCUT2D eigenvalue weighted by Crippen LogP contribution is -2.22. The highest BCUT2D eigenvalue weighted by Gasteiger charge is 2.07. The van der Waals surface area contributed by atoms with E-state index in [2.05, 4.69) is 24.4 Å². The van der Waals surface area contributed by atoms with Gasteiger partial charge < -0.3 is 14.5 Å². The molecule has 0 aliphatic heterocycles. The number of hydrogen-bond acceptors (Lipinski definition) is 3. The van der Waals surface area contributed by atoms with Crippen molar-refractivity contribution < 1.29 is 13.9 Å². The molecule has 0 aliphatic carbocycles. The van der Waals surface area contributed by atoms with Gasteiger partial charge in [-0.05, 0) is 53.9 Å². The third-order valence-corrected chi connectivity index (χ3v) is 5.10. The van der Waals surface area contributed by atoms with E-state index >= 15 is 0 Å². The number of furan rings is 1. The van der Waals surface area contributed by atoms with E-state index in [1.807, 2.05) is 42.5 Å². The molecule has 158 valence electrons. The zero-order valence-electron chi connectivity index (χ0n) is 17.7. The van der Waals surface area contributed by atoms with Gasteiger partial charge in [-0.3, -0.25) is 4.79 Å². The zero-order chi connectivity index (χ0) is 21.0. The van der Waals surface area contributed by atoms with E-state index in [4.69, 9.17) is 9.15 Å². The average Bonchev–Trinajstić information content (AvgIpc) is 3.31. The van der Waals surface area contributed by atoms with Crippen molar-refractivity contribution in [1.29, 1.82) is 0 Å². The third-order valence-electron chi connectivity index (χ3n) is 5.10. The van der Waals surface area contributed by atoms with E-state index in [1.165, 1.54) is 32.1 Å². The molecule has 4 nitrogen and oxygen atoms in total. The van der Waals surface area contributed by atoms with Gasteiger partial charge in [0.25, 0.3) is 5.91 Å². The van der Waals surface area contributed by atoms with Crippen LogP contribution in [0.4, 0.5) is 0 Å². The summed E-state index contributed by atoms with van der Waals surface area (Å²) < 4.78 is 11.1. The predicted molar refractivity (Wildman–Crippen MR) is 121 cm³/mol. The molecule has 3 rings (SSSR count). The van der Waals surface area contributed by atoms with Crippen molar-refractivity contribution in [2.45, 2.75) is 52.0 Å². The molecular weight excluding hydrogens is 374 g/mol. The largest absolute Gasteiger partial charge is 0.494 e. The number of carbonyl (C=O) groups is 1. The smallest absolute Gasteiger partial charge is 0.251 e. The van der Waals surface area contributed by atoms with Gasteiger partial charge in [0.05, 0.1) is 19.4 Å². The van der Waals surface area contributed by atoms with Gasteiger partial charge in [0, 0.05) is 5.56 Å². The Balaban J connectivity index is 1.44. The Morgan fingerprint density at radius 3 is 2.20 bits per heavy atom. The van der Waals surface area contributed by atoms with Crippen LogP contribution in [0, 0.1) is 0 Å². The van der Waals surface area contributed by atoms with Gasteiger partial charge >= 0.3 is 0 Å². The molecule has 1 heterocycles. The van der Waals surface area contributed by atoms with Gasteiger partial charge in [0.15, 0.2) is 0 Å². The van der Waals surface area contributed by atoms with Crippen LogP contribution >= 0.6 is 0 Å². The first-order valence-electron chi connectivity index (χ1n) is 10.9. The Hall–Kier alpha value is -3.01. The second-order valence-corrected chi connectivity index (χ2v) is 7.48. The van der Waals surface area contributed by atoms with Gasteiger partial charge in [-0.15, -0.1) is 0 Å². The SMILES string of the molecule is CCCCCCCCOc1ccc(-c2ccc(C(=O)NCc3ccco3)cc2)cc1. The maximum Gasteiger partial charge on any atom is 0.251 e. The number of unbranched alkanes of at least 4 members (excludes halogenated alkanes) is 5. The van der Waals surface area contributed by atoms with Crippen molar-refractivity contribution in [3.05, 3.63) is 78.3 Å². The summed E-state index contributed by atoms with van der Waals surface area (Å²) in [5.41, 5.74) is 2.80. The second kappa shape index (κ2) is 11.9. The lowest BCUT2D eigenvalue weighted by atomic mass is 10.0. The fraction of sp³-hybridized carbons (Fsp3) is 0.346. The van der Waals surface area contributed by atoms with Crippen molar-refractivity contribution in [2.75, 3.05) is 6.61 Å². The molecule has 30 heavy (non-hydrogen) atoms. The molecule has 3 aromatic rings. The van der Waals surface area contributed by atoms with Crippen molar-refractivity contribution in [2.24, 2.45) is 0 Å². The molecule has 0 saturated carbocycles. The average molecular weight is 406 g/mol. The summed E-state index contributed by atoms with van der Waals surface area (Å²) in [6, 6.07) is 19.4. The summed E-state index contributed by atoms with van der Waals surface area (Å²) >= 11 is 0. The van der Waals surface area contributed by atoms with Gasteiger partial charge in [0.2, 0.25) is 0 Å². The second-order valence-electron chi connectivity index (χ2n) is 7.48. The zero-order valence-corrected chi connectivity index (χ0v) is 17.7. The number of nitrogens with one attached hydrogen (secondary N) is 1. The molecule has 0 saturated heterocycles. The summed E-state index contributed by atoms with van der Waals surface area (Å²) in [6.07, 6.45) is 9.18. The number of hydrogen-bond donors (Lipinski definition) is 1. The lowest BCUT2D eigenvalue weighted by Gasteiger charge is -2.08. The maximum absolute atomic E-state index is 12.3. The Morgan fingerprint density at radius 2 is 1.53 bits per heavy atom. The molecular formula is C26H31NO3. The molecule has 0 atom stereocenters. The number of carbonyl (C=O) groups excluding carboxylic acids is 1. The lowest BCUT2D eigenvalue weighted by molar-refractivity contribution is 0.0948. The van der Waals surface area contributed by atoms with Crippen LogP contribution in [0.25, 0.3) is 11.1 Å². The third kappa shape index (κ3) is 6.80. The van der Waals surface area contributed by atoms with Crippen LogP contribution in [0.2, 0.25) is 0 Å². The number of benzene rings is 2. The van der Waals surface area contributed by atoms with Gasteiger partial charge in [-0.25, -0.2) is 0 Å². The molecule has 0 spiro atoms. The van der Waals surface area contributed by atoms with Crippen LogP contribution in [-0.4, -0.2) is 12.5 Å². The minimum Gasteiger partial charge on any atom is -0.494 e. The van der Waals surface area contributed by atoms with E-state index in [1.54, 1.807) is 12.3 Å². The van der Waals surface area contributed by atoms with E-state index in [-0.39, 0.29) is 5.91 Å². The molecule has 2 aromatic carbocycles. The Labute approximate surface area is 179 Å². The van der Waals surface area contributed by atoms with Crippen LogP contribution in [0.1, 0.15) is 61.6 Å². The molecule has 1 amide bonds. The molecule has 0 bridgehead atoms. The minimum absolute atomic E-state index is 0.114. The van der Waals surface area contributed by atoms with Gasteiger partial charge in [0.1, 0.15) is 11.5 Å². The van der Waals surface area contributed by atoms with E-state index in [0.717, 1.165) is 35.7 Å². The van der Waals surface area contributed by atoms with Gasteiger partial charge in [-0.2, -0.15) is 0 Å². The monoisotopic (exact) mass is 405 g/mol. The number of amides is 1. The maximum atomic E-state index is 12.3. The summed E-state index contributed by atoms with van der Waals surface area (Å²) in [4.78, 5) is 12.3. The van der Waals surface area contributed by atoms with E-state index in [0.29, 0.717) is 12.1 Å². The number of ether oxygens (including phenoxy) is 1. The highest BCUT2D eigenvalue weighted by atomic mass is 16.5. The standard InChI is InChI=1S/C26H31NO3/c1-2-3-4-5-6-7-18-29-24-16-14-22(15-17-24)21-10-12-23(13-11-21)26(28)27-20-25-9-8-19-30-25/h8-17,19H,2-7,18,20H2,1H3,(H,27,28). The molecule has 4 heteroatoms. The van der Waals surface area contributed by atoms with Crippen molar-refractivity contribution in [1.82, 2.24) is 5.32 Å². The fourth-order valence-corrected chi connectivity index (χ4v) is 3.31. The van der Waals surface area contributed by atoms with Crippen LogP contribution < -0.4 is 10.1 Å². The van der Waals surface area contributed by atoms with Crippen LogP contribution in [0.15, 0.2) is 71.3 Å². The summed E-state index contributed by atoms with van der Waals surface area (Å²) in [6.45, 7) is 3.39. The first-order chi connectivity index (χ1) is 14.8. The highest BCUT2D eigenvalue weighted by Crippen LogP contribution is 2.23. The van der Waals surface area contributed by atoms with Gasteiger partial charge in [-0.1, -0.05) is 63.3 Å². The minimum atomic E-state index is -0.114. The van der Waals surface area contributed by atoms with Crippen LogP contribution in [0.3, 0.4) is 0 Å². The Kier molecular flexibility index (Phi) is 8.58. The Morgan fingerprint density at radius 1 is 0.867 bits per heavy atom. The summed E-state index contributed by atoms with van der Waals surface area (Å²) in [5, 5.41) is 2.86. The van der Waals surface area contributed by atoms with Crippen LogP contribution in [0.5, 0.6) is 5.75 Å². The first-order valence-corrected chi connectivity index (χ1v) is 10.9. The first kappa shape index (κ1) is 21.7. The number of rotatable bonds is 12. The molecule has 0 radical (unpaired) electrons. The Bertz CT molecular complexity index is 868. The van der Waals surface area contributed by atoms with E-state index in [9.17, 15) is 4.79 Å². The van der Waals surface area contributed by atoms with E-state index < -0.39 is 0 Å². The molecule has 0 fully saturated rings. The topological polar surface area (TPSA) is 51.5 Å².